The number of benzene rings is 4. The van der Waals surface area contributed by atoms with E-state index in [9.17, 15) is 19.2 Å². The van der Waals surface area contributed by atoms with Crippen molar-refractivity contribution in [3.05, 3.63) is 60.2 Å². The normalized spacial score (nSPS) is 13.4. The molecule has 0 aromatic heterocycles. The summed E-state index contributed by atoms with van der Waals surface area (Å²) in [6.07, 6.45) is 2.12. The van der Waals surface area contributed by atoms with Crippen LogP contribution in [-0.4, -0.2) is 88.2 Å². The molecule has 1 saturated heterocycles. The van der Waals surface area contributed by atoms with Gasteiger partial charge in [-0.1, -0.05) is 54.6 Å². The zero-order valence-electron chi connectivity index (χ0n) is 25.9. The molecule has 1 N–H and O–H groups in total. The summed E-state index contributed by atoms with van der Waals surface area (Å²) in [4.78, 5) is 51.6. The molecule has 244 valence electrons. The van der Waals surface area contributed by atoms with Crippen LogP contribution in [0.3, 0.4) is 0 Å². The van der Waals surface area contributed by atoms with Crippen LogP contribution >= 0.6 is 0 Å². The Morgan fingerprint density at radius 1 is 0.652 bits per heavy atom. The van der Waals surface area contributed by atoms with Gasteiger partial charge in [-0.05, 0) is 50.7 Å². The van der Waals surface area contributed by atoms with Gasteiger partial charge in [0.15, 0.2) is 0 Å². The van der Waals surface area contributed by atoms with E-state index in [-0.39, 0.29) is 38.4 Å². The summed E-state index contributed by atoms with van der Waals surface area (Å²) in [6, 6.07) is 19.6. The number of nitrogens with zero attached hydrogens (tertiary/aromatic N) is 1. The SMILES string of the molecule is O=C(CCCc1ccc2ccc3cccc4ccc1c2c34)NCCOCCOCCOCCOCCC(=O)ON1C(=O)CCC1=O. The van der Waals surface area contributed by atoms with Crippen molar-refractivity contribution in [2.24, 2.45) is 0 Å². The molecule has 3 amide bonds. The van der Waals surface area contributed by atoms with Gasteiger partial charge in [-0.2, -0.15) is 0 Å². The monoisotopic (exact) mass is 632 g/mol. The summed E-state index contributed by atoms with van der Waals surface area (Å²) in [5.41, 5.74) is 1.27. The number of carbonyl (C=O) groups is 4. The van der Waals surface area contributed by atoms with E-state index in [1.165, 1.54) is 37.9 Å². The molecule has 4 aromatic rings. The van der Waals surface area contributed by atoms with Gasteiger partial charge in [0.25, 0.3) is 11.8 Å². The van der Waals surface area contributed by atoms with Gasteiger partial charge < -0.3 is 29.1 Å². The first-order valence-electron chi connectivity index (χ1n) is 15.8. The minimum atomic E-state index is -0.700. The molecule has 1 heterocycles. The van der Waals surface area contributed by atoms with Crippen LogP contribution in [0.1, 0.15) is 37.7 Å². The summed E-state index contributed by atoms with van der Waals surface area (Å²) in [6.45, 7) is 3.18. The lowest BCUT2D eigenvalue weighted by atomic mass is 9.90. The van der Waals surface area contributed by atoms with Crippen LogP contribution in [0.2, 0.25) is 0 Å². The quantitative estimate of drug-likeness (QED) is 0.0870. The molecule has 0 atom stereocenters. The Labute approximate surface area is 267 Å². The average molecular weight is 633 g/mol. The van der Waals surface area contributed by atoms with Crippen molar-refractivity contribution < 1.29 is 43.0 Å². The first kappa shape index (κ1) is 33.2. The summed E-state index contributed by atoms with van der Waals surface area (Å²) < 4.78 is 21.7. The Hall–Kier alpha value is -4.16. The fourth-order valence-electron chi connectivity index (χ4n) is 5.53. The van der Waals surface area contributed by atoms with E-state index in [4.69, 9.17) is 23.8 Å². The summed E-state index contributed by atoms with van der Waals surface area (Å²) in [5.74, 6) is -1.70. The summed E-state index contributed by atoms with van der Waals surface area (Å²) in [5, 5.41) is 11.1. The highest BCUT2D eigenvalue weighted by atomic mass is 16.7. The van der Waals surface area contributed by atoms with Crippen LogP contribution in [0.4, 0.5) is 0 Å². The van der Waals surface area contributed by atoms with Gasteiger partial charge >= 0.3 is 5.97 Å². The van der Waals surface area contributed by atoms with Gasteiger partial charge in [0.2, 0.25) is 5.91 Å². The molecule has 46 heavy (non-hydrogen) atoms. The second-order valence-electron chi connectivity index (χ2n) is 11.0. The van der Waals surface area contributed by atoms with Crippen molar-refractivity contribution in [2.75, 3.05) is 59.4 Å². The largest absolute Gasteiger partial charge is 0.378 e. The molecular formula is C35H40N2O9. The molecule has 11 nitrogen and oxygen atoms in total. The third-order valence-electron chi connectivity index (χ3n) is 7.80. The maximum absolute atomic E-state index is 12.3. The van der Waals surface area contributed by atoms with E-state index in [0.29, 0.717) is 57.7 Å². The van der Waals surface area contributed by atoms with Crippen molar-refractivity contribution in [1.82, 2.24) is 10.4 Å². The Morgan fingerprint density at radius 2 is 1.22 bits per heavy atom. The molecule has 11 heteroatoms. The average Bonchev–Trinajstić information content (AvgIpc) is 3.38. The summed E-state index contributed by atoms with van der Waals surface area (Å²) in [7, 11) is 0. The number of carbonyl (C=O) groups excluding carboxylic acids is 4. The van der Waals surface area contributed by atoms with Gasteiger partial charge in [0, 0.05) is 25.8 Å². The fourth-order valence-corrected chi connectivity index (χ4v) is 5.53. The highest BCUT2D eigenvalue weighted by molar-refractivity contribution is 6.23. The van der Waals surface area contributed by atoms with Crippen molar-refractivity contribution >= 4 is 56.0 Å². The lowest BCUT2D eigenvalue weighted by molar-refractivity contribution is -0.198. The minimum absolute atomic E-state index is 0.0219. The Kier molecular flexibility index (Phi) is 12.2. The predicted molar refractivity (Wildman–Crippen MR) is 171 cm³/mol. The van der Waals surface area contributed by atoms with Gasteiger partial charge in [-0.25, -0.2) is 4.79 Å². The van der Waals surface area contributed by atoms with E-state index >= 15 is 0 Å². The topological polar surface area (TPSA) is 130 Å². The van der Waals surface area contributed by atoms with Crippen LogP contribution in [-0.2, 0) is 49.4 Å². The maximum Gasteiger partial charge on any atom is 0.335 e. The molecule has 1 aliphatic rings. The van der Waals surface area contributed by atoms with Crippen LogP contribution in [0.25, 0.3) is 32.3 Å². The van der Waals surface area contributed by atoms with Gasteiger partial charge in [0.05, 0.1) is 59.3 Å². The van der Waals surface area contributed by atoms with E-state index in [1.54, 1.807) is 0 Å². The van der Waals surface area contributed by atoms with Crippen LogP contribution in [0, 0.1) is 0 Å². The molecule has 0 radical (unpaired) electrons. The maximum atomic E-state index is 12.3. The van der Waals surface area contributed by atoms with Gasteiger partial charge in [-0.3, -0.25) is 14.4 Å². The highest BCUT2D eigenvalue weighted by Crippen LogP contribution is 2.36. The first-order valence-corrected chi connectivity index (χ1v) is 15.8. The predicted octanol–water partition coefficient (Wildman–Crippen LogP) is 4.09. The number of hydrogen-bond acceptors (Lipinski definition) is 9. The second-order valence-corrected chi connectivity index (χ2v) is 11.0. The van der Waals surface area contributed by atoms with Crippen molar-refractivity contribution in [2.45, 2.75) is 38.5 Å². The van der Waals surface area contributed by atoms with Crippen molar-refractivity contribution in [3.8, 4) is 0 Å². The third-order valence-corrected chi connectivity index (χ3v) is 7.80. The van der Waals surface area contributed by atoms with Crippen LogP contribution < -0.4 is 5.32 Å². The van der Waals surface area contributed by atoms with E-state index in [1.807, 2.05) is 0 Å². The molecule has 5 rings (SSSR count). The first-order chi connectivity index (χ1) is 22.5. The van der Waals surface area contributed by atoms with Crippen molar-refractivity contribution in [1.29, 1.82) is 0 Å². The van der Waals surface area contributed by atoms with Crippen LogP contribution in [0.15, 0.2) is 54.6 Å². The zero-order valence-corrected chi connectivity index (χ0v) is 25.9. The van der Waals surface area contributed by atoms with E-state index < -0.39 is 17.8 Å². The number of imide groups is 1. The molecule has 1 fully saturated rings. The number of hydrogen-bond donors (Lipinski definition) is 1. The number of rotatable bonds is 20. The van der Waals surface area contributed by atoms with E-state index in [0.717, 1.165) is 12.8 Å². The number of nitrogens with one attached hydrogen (secondary N) is 1. The number of aryl methyl sites for hydroxylation is 1. The Balaban J connectivity index is 0.832. The fraction of sp³-hybridized carbons (Fsp3) is 0.429. The second kappa shape index (κ2) is 17.0. The van der Waals surface area contributed by atoms with Gasteiger partial charge in [-0.15, -0.1) is 5.06 Å². The standard InChI is InChI=1S/C35H40N2O9/c38-30(6-2-3-25-7-8-28-10-9-26-4-1-5-27-11-12-29(25)35(28)34(26)27)36-16-18-43-20-22-45-24-23-44-21-19-42-17-15-33(41)46-37-31(39)13-14-32(37)40/h1,4-5,7-12H,2-3,6,13-24H2,(H,36,38). The molecule has 0 bridgehead atoms. The molecule has 0 aliphatic carbocycles. The lowest BCUT2D eigenvalue weighted by Crippen LogP contribution is -2.32. The summed E-state index contributed by atoms with van der Waals surface area (Å²) >= 11 is 0. The van der Waals surface area contributed by atoms with Crippen LogP contribution in [0.5, 0.6) is 0 Å². The third kappa shape index (κ3) is 8.97. The smallest absolute Gasteiger partial charge is 0.335 e. The molecule has 0 saturated carbocycles. The molecule has 0 spiro atoms. The number of amides is 3. The number of hydroxylamine groups is 2. The Morgan fingerprint density at radius 3 is 1.89 bits per heavy atom. The molecule has 1 aliphatic heterocycles. The number of ether oxygens (including phenoxy) is 4. The molecular weight excluding hydrogens is 592 g/mol. The highest BCUT2D eigenvalue weighted by Gasteiger charge is 2.32. The zero-order chi connectivity index (χ0) is 32.1. The van der Waals surface area contributed by atoms with Crippen molar-refractivity contribution in [3.63, 3.8) is 0 Å². The van der Waals surface area contributed by atoms with E-state index in [2.05, 4.69) is 59.9 Å². The molecule has 0 unspecified atom stereocenters. The lowest BCUT2D eigenvalue weighted by Gasteiger charge is -2.14. The molecule has 4 aromatic carbocycles. The minimum Gasteiger partial charge on any atom is -0.378 e. The Bertz CT molecular complexity index is 1610. The van der Waals surface area contributed by atoms with Gasteiger partial charge in [0.1, 0.15) is 0 Å².